The molecule has 2 rings (SSSR count). The van der Waals surface area contributed by atoms with E-state index in [2.05, 4.69) is 33.7 Å². The summed E-state index contributed by atoms with van der Waals surface area (Å²) in [4.78, 5) is 0. The number of nitrogens with one attached hydrogen (secondary N) is 1. The summed E-state index contributed by atoms with van der Waals surface area (Å²) >= 11 is 0. The van der Waals surface area contributed by atoms with E-state index in [1.807, 2.05) is 24.0 Å². The van der Waals surface area contributed by atoms with Crippen LogP contribution in [-0.2, 0) is 13.0 Å². The second kappa shape index (κ2) is 5.54. The van der Waals surface area contributed by atoms with Crippen molar-refractivity contribution in [3.63, 3.8) is 0 Å². The Morgan fingerprint density at radius 2 is 2.24 bits per heavy atom. The van der Waals surface area contributed by atoms with Crippen LogP contribution in [0.5, 0.6) is 0 Å². The molecule has 5 heteroatoms. The van der Waals surface area contributed by atoms with Crippen LogP contribution in [0.1, 0.15) is 24.1 Å². The lowest BCUT2D eigenvalue weighted by atomic mass is 10.0. The topological polar surface area (TPSA) is 55.6 Å². The molecule has 0 bridgehead atoms. The second-order valence-corrected chi connectivity index (χ2v) is 3.93. The molecule has 17 heavy (non-hydrogen) atoms. The van der Waals surface area contributed by atoms with Crippen LogP contribution in [0, 0.1) is 0 Å². The fraction of sp³-hybridized carbons (Fsp3) is 0.417. The lowest BCUT2D eigenvalue weighted by Gasteiger charge is -2.14. The van der Waals surface area contributed by atoms with Gasteiger partial charge in [-0.3, -0.25) is 4.68 Å². The summed E-state index contributed by atoms with van der Waals surface area (Å²) in [7, 11) is 1.95. The molecule has 2 heterocycles. The zero-order valence-corrected chi connectivity index (χ0v) is 10.2. The molecule has 1 N–H and O–H groups in total. The molecule has 90 valence electrons. The predicted octanol–water partition coefficient (Wildman–Crippen LogP) is 1.20. The highest BCUT2D eigenvalue weighted by molar-refractivity contribution is 5.16. The van der Waals surface area contributed by atoms with Crippen LogP contribution in [0.3, 0.4) is 0 Å². The van der Waals surface area contributed by atoms with Gasteiger partial charge < -0.3 is 5.32 Å². The van der Waals surface area contributed by atoms with Crippen molar-refractivity contribution in [3.8, 4) is 0 Å². The molecule has 0 aliphatic heterocycles. The number of nitrogens with zero attached hydrogens (tertiary/aromatic N) is 4. The van der Waals surface area contributed by atoms with Crippen molar-refractivity contribution in [2.45, 2.75) is 25.9 Å². The first kappa shape index (κ1) is 11.7. The molecule has 1 unspecified atom stereocenters. The van der Waals surface area contributed by atoms with Gasteiger partial charge in [0.2, 0.25) is 0 Å². The first-order valence-electron chi connectivity index (χ1n) is 5.78. The Morgan fingerprint density at radius 3 is 2.82 bits per heavy atom. The van der Waals surface area contributed by atoms with Crippen molar-refractivity contribution in [2.24, 2.45) is 0 Å². The first-order valence-corrected chi connectivity index (χ1v) is 5.78. The van der Waals surface area contributed by atoms with Crippen molar-refractivity contribution in [1.29, 1.82) is 0 Å². The van der Waals surface area contributed by atoms with Crippen molar-refractivity contribution >= 4 is 0 Å². The van der Waals surface area contributed by atoms with E-state index in [1.54, 1.807) is 12.4 Å². The molecule has 5 nitrogen and oxygen atoms in total. The van der Waals surface area contributed by atoms with Crippen LogP contribution in [0.15, 0.2) is 30.9 Å². The molecule has 0 aliphatic rings. The zero-order valence-electron chi connectivity index (χ0n) is 10.2. The Hall–Kier alpha value is -1.75. The van der Waals surface area contributed by atoms with E-state index in [-0.39, 0.29) is 6.04 Å². The molecule has 1 atom stereocenters. The quantitative estimate of drug-likeness (QED) is 0.840. The van der Waals surface area contributed by atoms with Crippen molar-refractivity contribution in [2.75, 3.05) is 7.05 Å². The fourth-order valence-corrected chi connectivity index (χ4v) is 1.81. The molecule has 0 spiro atoms. The minimum atomic E-state index is 0.250. The normalized spacial score (nSPS) is 12.6. The highest BCUT2D eigenvalue weighted by atomic mass is 15.3. The maximum Gasteiger partial charge on any atom is 0.0544 e. The fourth-order valence-electron chi connectivity index (χ4n) is 1.81. The van der Waals surface area contributed by atoms with E-state index in [4.69, 9.17) is 0 Å². The lowest BCUT2D eigenvalue weighted by molar-refractivity contribution is 0.586. The van der Waals surface area contributed by atoms with Crippen LogP contribution in [0.2, 0.25) is 0 Å². The molecule has 0 aromatic carbocycles. The first-order chi connectivity index (χ1) is 8.33. The minimum Gasteiger partial charge on any atom is -0.313 e. The van der Waals surface area contributed by atoms with Gasteiger partial charge in [-0.2, -0.15) is 15.3 Å². The molecule has 0 saturated carbocycles. The van der Waals surface area contributed by atoms with E-state index in [1.165, 1.54) is 5.56 Å². The molecule has 2 aromatic rings. The van der Waals surface area contributed by atoms with Gasteiger partial charge in [-0.15, -0.1) is 0 Å². The van der Waals surface area contributed by atoms with Gasteiger partial charge >= 0.3 is 0 Å². The van der Waals surface area contributed by atoms with Crippen LogP contribution in [0.4, 0.5) is 0 Å². The molecule has 0 aliphatic carbocycles. The van der Waals surface area contributed by atoms with E-state index >= 15 is 0 Å². The van der Waals surface area contributed by atoms with Gasteiger partial charge in [0.15, 0.2) is 0 Å². The van der Waals surface area contributed by atoms with E-state index < -0.39 is 0 Å². The van der Waals surface area contributed by atoms with Gasteiger partial charge in [-0.05, 0) is 37.6 Å². The number of aromatic nitrogens is 4. The maximum absolute atomic E-state index is 4.28. The summed E-state index contributed by atoms with van der Waals surface area (Å²) < 4.78 is 1.94. The Kier molecular flexibility index (Phi) is 3.82. The summed E-state index contributed by atoms with van der Waals surface area (Å²) in [5.74, 6) is 0. The van der Waals surface area contributed by atoms with Crippen LogP contribution in [0.25, 0.3) is 0 Å². The summed E-state index contributed by atoms with van der Waals surface area (Å²) in [6, 6.07) is 2.23. The average Bonchev–Trinajstić information content (AvgIpc) is 2.84. The highest BCUT2D eigenvalue weighted by Crippen LogP contribution is 2.16. The standard InChI is InChI=1S/C12H17N5/c1-3-17-9-10(7-16-17)6-12(13-2)11-4-5-14-15-8-11/h4-5,7-9,12-13H,3,6H2,1-2H3. The summed E-state index contributed by atoms with van der Waals surface area (Å²) in [6.45, 7) is 2.99. The number of hydrogen-bond acceptors (Lipinski definition) is 4. The van der Waals surface area contributed by atoms with Crippen molar-refractivity contribution in [3.05, 3.63) is 42.0 Å². The molecule has 0 amide bonds. The largest absolute Gasteiger partial charge is 0.313 e. The third kappa shape index (κ3) is 2.88. The van der Waals surface area contributed by atoms with Gasteiger partial charge in [-0.1, -0.05) is 0 Å². The Bertz CT molecular complexity index is 451. The molecular weight excluding hydrogens is 214 g/mol. The van der Waals surface area contributed by atoms with Gasteiger partial charge in [0.1, 0.15) is 0 Å². The zero-order chi connectivity index (χ0) is 12.1. The monoisotopic (exact) mass is 231 g/mol. The Morgan fingerprint density at radius 1 is 1.35 bits per heavy atom. The van der Waals surface area contributed by atoms with E-state index in [9.17, 15) is 0 Å². The SMILES string of the molecule is CCn1cc(CC(NC)c2ccnnc2)cn1. The third-order valence-electron chi connectivity index (χ3n) is 2.81. The minimum absolute atomic E-state index is 0.250. The summed E-state index contributed by atoms with van der Waals surface area (Å²) in [6.07, 6.45) is 8.42. The second-order valence-electron chi connectivity index (χ2n) is 3.93. The smallest absolute Gasteiger partial charge is 0.0544 e. The Balaban J connectivity index is 2.10. The molecule has 0 fully saturated rings. The molecule has 0 radical (unpaired) electrons. The van der Waals surface area contributed by atoms with Crippen LogP contribution >= 0.6 is 0 Å². The summed E-state index contributed by atoms with van der Waals surface area (Å²) in [5, 5.41) is 15.3. The van der Waals surface area contributed by atoms with Crippen LogP contribution < -0.4 is 5.32 Å². The predicted molar refractivity (Wildman–Crippen MR) is 65.4 cm³/mol. The number of likely N-dealkylation sites (N-methyl/N-ethyl adjacent to an activating group) is 1. The number of hydrogen-bond donors (Lipinski definition) is 1. The van der Waals surface area contributed by atoms with E-state index in [0.29, 0.717) is 0 Å². The molecule has 2 aromatic heterocycles. The Labute approximate surface area is 101 Å². The van der Waals surface area contributed by atoms with Gasteiger partial charge in [0.05, 0.1) is 12.4 Å². The highest BCUT2D eigenvalue weighted by Gasteiger charge is 2.11. The number of rotatable bonds is 5. The van der Waals surface area contributed by atoms with Gasteiger partial charge in [0.25, 0.3) is 0 Å². The third-order valence-corrected chi connectivity index (χ3v) is 2.81. The molecular formula is C12H17N5. The van der Waals surface area contributed by atoms with Gasteiger partial charge in [-0.25, -0.2) is 0 Å². The molecule has 0 saturated heterocycles. The van der Waals surface area contributed by atoms with Crippen molar-refractivity contribution in [1.82, 2.24) is 25.3 Å². The van der Waals surface area contributed by atoms with Gasteiger partial charge in [0, 0.05) is 25.0 Å². The maximum atomic E-state index is 4.28. The van der Waals surface area contributed by atoms with E-state index in [0.717, 1.165) is 18.5 Å². The lowest BCUT2D eigenvalue weighted by Crippen LogP contribution is -2.18. The van der Waals surface area contributed by atoms with Crippen LogP contribution in [-0.4, -0.2) is 27.0 Å². The summed E-state index contributed by atoms with van der Waals surface area (Å²) in [5.41, 5.74) is 2.37. The van der Waals surface area contributed by atoms with Crippen molar-refractivity contribution < 1.29 is 0 Å². The number of aryl methyl sites for hydroxylation is 1. The average molecular weight is 231 g/mol.